The van der Waals surface area contributed by atoms with Crippen LogP contribution in [0.25, 0.3) is 10.9 Å². The van der Waals surface area contributed by atoms with Crippen LogP contribution in [0.4, 0.5) is 4.79 Å². The lowest BCUT2D eigenvalue weighted by Gasteiger charge is -2.37. The number of aliphatic carboxylic acids is 1. The first-order valence-electron chi connectivity index (χ1n) is 9.38. The van der Waals surface area contributed by atoms with Gasteiger partial charge in [-0.15, -0.1) is 0 Å². The molecule has 1 fully saturated rings. The number of aromatic nitrogens is 1. The number of carboxylic acid groups (broad SMARTS) is 1. The van der Waals surface area contributed by atoms with Crippen molar-refractivity contribution in [3.63, 3.8) is 0 Å². The van der Waals surface area contributed by atoms with Crippen molar-refractivity contribution in [3.8, 4) is 0 Å². The van der Waals surface area contributed by atoms with Crippen molar-refractivity contribution in [3.05, 3.63) is 46.2 Å². The number of amides is 1. The fourth-order valence-corrected chi connectivity index (χ4v) is 3.81. The van der Waals surface area contributed by atoms with Crippen LogP contribution >= 0.6 is 0 Å². The second-order valence-electron chi connectivity index (χ2n) is 8.28. The Morgan fingerprint density at radius 3 is 2.54 bits per heavy atom. The summed E-state index contributed by atoms with van der Waals surface area (Å²) in [4.78, 5) is 38.3. The first kappa shape index (κ1) is 19.9. The van der Waals surface area contributed by atoms with Crippen molar-refractivity contribution in [2.75, 3.05) is 13.1 Å². The zero-order valence-corrected chi connectivity index (χ0v) is 16.6. The number of rotatable bonds is 2. The number of carbonyl (C=O) groups excluding carboxylic acids is 1. The van der Waals surface area contributed by atoms with Crippen LogP contribution in [0.15, 0.2) is 35.1 Å². The topological polar surface area (TPSA) is 88.8 Å². The molecule has 1 aliphatic rings. The van der Waals surface area contributed by atoms with Gasteiger partial charge in [0.2, 0.25) is 0 Å². The Morgan fingerprint density at radius 2 is 1.89 bits per heavy atom. The van der Waals surface area contributed by atoms with E-state index in [0.717, 1.165) is 16.5 Å². The maximum Gasteiger partial charge on any atom is 0.410 e. The van der Waals surface area contributed by atoms with Crippen LogP contribution in [-0.2, 0) is 16.6 Å². The fourth-order valence-electron chi connectivity index (χ4n) is 3.81. The second-order valence-corrected chi connectivity index (χ2v) is 8.28. The average molecular weight is 386 g/mol. The van der Waals surface area contributed by atoms with Gasteiger partial charge in [0.15, 0.2) is 0 Å². The number of aryl methyl sites for hydroxylation is 1. The average Bonchev–Trinajstić information content (AvgIpc) is 2.63. The van der Waals surface area contributed by atoms with E-state index in [9.17, 15) is 19.5 Å². The van der Waals surface area contributed by atoms with Gasteiger partial charge in [-0.25, -0.2) is 4.79 Å². The maximum atomic E-state index is 12.4. The molecule has 1 aliphatic heterocycles. The summed E-state index contributed by atoms with van der Waals surface area (Å²) in [6, 6.07) is 9.02. The van der Waals surface area contributed by atoms with Gasteiger partial charge < -0.3 is 19.3 Å². The summed E-state index contributed by atoms with van der Waals surface area (Å²) in [6.07, 6.45) is -0.0565. The Hall–Kier alpha value is -2.83. The van der Waals surface area contributed by atoms with Crippen molar-refractivity contribution in [1.82, 2.24) is 9.47 Å². The summed E-state index contributed by atoms with van der Waals surface area (Å²) in [5, 5.41) is 10.7. The SMILES string of the molecule is Cn1c(=O)cc([C@@H]2CCN(C(=O)OC(C)(C)C)C[C@H]2C(=O)O)c2ccccc21. The Bertz CT molecular complexity index is 973. The predicted molar refractivity (Wildman–Crippen MR) is 105 cm³/mol. The number of carbonyl (C=O) groups is 2. The summed E-state index contributed by atoms with van der Waals surface area (Å²) in [5.41, 5.74) is 0.681. The van der Waals surface area contributed by atoms with E-state index in [1.807, 2.05) is 24.3 Å². The minimum atomic E-state index is -0.983. The van der Waals surface area contributed by atoms with Crippen LogP contribution in [-0.4, -0.2) is 45.3 Å². The largest absolute Gasteiger partial charge is 0.481 e. The molecule has 0 radical (unpaired) electrons. The normalized spacial score (nSPS) is 20.2. The molecule has 1 N–H and O–H groups in total. The number of carboxylic acids is 1. The number of nitrogens with zero attached hydrogens (tertiary/aromatic N) is 2. The Labute approximate surface area is 163 Å². The standard InChI is InChI=1S/C21H26N2O5/c1-21(2,3)28-20(27)23-10-9-13(16(12-23)19(25)26)15-11-18(24)22(4)17-8-6-5-7-14(15)17/h5-8,11,13,16H,9-10,12H2,1-4H3,(H,25,26)/t13-,16+/m0/s1. The van der Waals surface area contributed by atoms with E-state index in [1.54, 1.807) is 32.4 Å². The molecule has 0 saturated carbocycles. The molecule has 28 heavy (non-hydrogen) atoms. The number of piperidine rings is 1. The lowest BCUT2D eigenvalue weighted by Crippen LogP contribution is -2.47. The second kappa shape index (κ2) is 7.30. The molecule has 2 aromatic rings. The molecule has 1 aromatic heterocycles. The van der Waals surface area contributed by atoms with Crippen LogP contribution in [0.1, 0.15) is 38.7 Å². The molecule has 150 valence electrons. The number of pyridine rings is 1. The molecule has 0 bridgehead atoms. The molecule has 7 nitrogen and oxygen atoms in total. The zero-order chi connectivity index (χ0) is 20.6. The van der Waals surface area contributed by atoms with Crippen molar-refractivity contribution in [2.45, 2.75) is 38.7 Å². The van der Waals surface area contributed by atoms with Gasteiger partial charge in [-0.1, -0.05) is 18.2 Å². The fraction of sp³-hybridized carbons (Fsp3) is 0.476. The van der Waals surface area contributed by atoms with Crippen LogP contribution in [0.2, 0.25) is 0 Å². The summed E-state index contributed by atoms with van der Waals surface area (Å²) in [5.74, 6) is -2.14. The van der Waals surface area contributed by atoms with E-state index >= 15 is 0 Å². The predicted octanol–water partition coefficient (Wildman–Crippen LogP) is 2.96. The third-order valence-electron chi connectivity index (χ3n) is 5.17. The molecule has 1 amide bonds. The molecule has 3 rings (SSSR count). The lowest BCUT2D eigenvalue weighted by molar-refractivity contribution is -0.144. The zero-order valence-electron chi connectivity index (χ0n) is 16.6. The van der Waals surface area contributed by atoms with Crippen molar-refractivity contribution in [2.24, 2.45) is 13.0 Å². The molecule has 1 aromatic carbocycles. The smallest absolute Gasteiger partial charge is 0.410 e. The quantitative estimate of drug-likeness (QED) is 0.857. The monoisotopic (exact) mass is 386 g/mol. The van der Waals surface area contributed by atoms with E-state index in [-0.39, 0.29) is 18.0 Å². The number of hydrogen-bond acceptors (Lipinski definition) is 4. The van der Waals surface area contributed by atoms with Crippen LogP contribution < -0.4 is 5.56 Å². The van der Waals surface area contributed by atoms with Gasteiger partial charge in [0.1, 0.15) is 5.60 Å². The molecule has 7 heteroatoms. The maximum absolute atomic E-state index is 12.4. The molecule has 2 atom stereocenters. The summed E-state index contributed by atoms with van der Waals surface area (Å²) in [7, 11) is 1.70. The third-order valence-corrected chi connectivity index (χ3v) is 5.17. The van der Waals surface area contributed by atoms with E-state index in [4.69, 9.17) is 4.74 Å². The summed E-state index contributed by atoms with van der Waals surface area (Å²) < 4.78 is 6.95. The Balaban J connectivity index is 1.97. The molecule has 2 heterocycles. The molecular formula is C21H26N2O5. The Morgan fingerprint density at radius 1 is 1.21 bits per heavy atom. The van der Waals surface area contributed by atoms with Gasteiger partial charge >= 0.3 is 12.1 Å². The van der Waals surface area contributed by atoms with Crippen LogP contribution in [0.5, 0.6) is 0 Å². The minimum absolute atomic E-state index is 0.0540. The molecule has 1 saturated heterocycles. The van der Waals surface area contributed by atoms with Gasteiger partial charge in [-0.2, -0.15) is 0 Å². The van der Waals surface area contributed by atoms with Crippen molar-refractivity contribution < 1.29 is 19.4 Å². The first-order chi connectivity index (χ1) is 13.1. The highest BCUT2D eigenvalue weighted by Crippen LogP contribution is 2.36. The number of benzene rings is 1. The highest BCUT2D eigenvalue weighted by molar-refractivity contribution is 5.84. The van der Waals surface area contributed by atoms with Crippen LogP contribution in [0.3, 0.4) is 0 Å². The van der Waals surface area contributed by atoms with Crippen molar-refractivity contribution >= 4 is 23.0 Å². The van der Waals surface area contributed by atoms with Crippen molar-refractivity contribution in [1.29, 1.82) is 0 Å². The molecule has 0 aliphatic carbocycles. The lowest BCUT2D eigenvalue weighted by atomic mass is 9.79. The van der Waals surface area contributed by atoms with Gasteiger partial charge in [-0.3, -0.25) is 9.59 Å². The molecule has 0 unspecified atom stereocenters. The number of para-hydroxylation sites is 1. The van der Waals surface area contributed by atoms with Gasteiger partial charge in [0, 0.05) is 37.5 Å². The highest BCUT2D eigenvalue weighted by Gasteiger charge is 2.39. The first-order valence-corrected chi connectivity index (χ1v) is 9.38. The number of likely N-dealkylation sites (tertiary alicyclic amines) is 1. The van der Waals surface area contributed by atoms with E-state index in [1.165, 1.54) is 11.0 Å². The minimum Gasteiger partial charge on any atom is -0.481 e. The van der Waals surface area contributed by atoms with E-state index in [0.29, 0.717) is 13.0 Å². The van der Waals surface area contributed by atoms with E-state index < -0.39 is 23.6 Å². The number of hydrogen-bond donors (Lipinski definition) is 1. The summed E-state index contributed by atoms with van der Waals surface area (Å²) >= 11 is 0. The highest BCUT2D eigenvalue weighted by atomic mass is 16.6. The molecular weight excluding hydrogens is 360 g/mol. The van der Waals surface area contributed by atoms with Gasteiger partial charge in [-0.05, 0) is 38.8 Å². The molecule has 0 spiro atoms. The van der Waals surface area contributed by atoms with Gasteiger partial charge in [0.25, 0.3) is 5.56 Å². The van der Waals surface area contributed by atoms with Crippen LogP contribution in [0, 0.1) is 5.92 Å². The number of fused-ring (bicyclic) bond motifs is 1. The van der Waals surface area contributed by atoms with E-state index in [2.05, 4.69) is 0 Å². The summed E-state index contributed by atoms with van der Waals surface area (Å²) in [6.45, 7) is 5.76. The Kier molecular flexibility index (Phi) is 5.19. The van der Waals surface area contributed by atoms with Gasteiger partial charge in [0.05, 0.1) is 11.4 Å². The number of ether oxygens (including phenoxy) is 1. The third kappa shape index (κ3) is 3.88.